The summed E-state index contributed by atoms with van der Waals surface area (Å²) in [6.45, 7) is 5.51. The Morgan fingerprint density at radius 2 is 2.42 bits per heavy atom. The molecule has 0 amide bonds. The minimum atomic E-state index is -0.542. The van der Waals surface area contributed by atoms with Crippen molar-refractivity contribution in [3.8, 4) is 0 Å². The molecule has 1 fully saturated rings. The molecule has 0 saturated carbocycles. The summed E-state index contributed by atoms with van der Waals surface area (Å²) in [5.41, 5.74) is -0.542. The molecule has 1 N–H and O–H groups in total. The quantitative estimate of drug-likeness (QED) is 0.684. The van der Waals surface area contributed by atoms with Crippen LogP contribution < -0.4 is 0 Å². The van der Waals surface area contributed by atoms with Gasteiger partial charge in [-0.05, 0) is 12.8 Å². The van der Waals surface area contributed by atoms with Crippen LogP contribution in [0, 0.1) is 0 Å². The smallest absolute Gasteiger partial charge is 0.0980 e. The van der Waals surface area contributed by atoms with Crippen molar-refractivity contribution in [3.63, 3.8) is 0 Å². The molecule has 2 nitrogen and oxygen atoms in total. The molecule has 12 heavy (non-hydrogen) atoms. The van der Waals surface area contributed by atoms with Crippen LogP contribution in [-0.2, 0) is 4.74 Å². The number of aliphatic hydroxyl groups is 1. The van der Waals surface area contributed by atoms with E-state index in [1.165, 1.54) is 0 Å². The summed E-state index contributed by atoms with van der Waals surface area (Å²) >= 11 is 1.83. The lowest BCUT2D eigenvalue weighted by molar-refractivity contribution is -0.0301. The van der Waals surface area contributed by atoms with Gasteiger partial charge in [-0.1, -0.05) is 13.8 Å². The predicted molar refractivity (Wildman–Crippen MR) is 52.6 cm³/mol. The molecule has 72 valence electrons. The van der Waals surface area contributed by atoms with Gasteiger partial charge in [0.2, 0.25) is 0 Å². The Labute approximate surface area is 78.7 Å². The number of ether oxygens (including phenoxy) is 1. The van der Waals surface area contributed by atoms with Crippen LogP contribution in [0.3, 0.4) is 0 Å². The average Bonchev–Trinajstić information content (AvgIpc) is 2.32. The van der Waals surface area contributed by atoms with E-state index in [1.807, 2.05) is 11.8 Å². The fourth-order valence-corrected chi connectivity index (χ4v) is 2.68. The first kappa shape index (κ1) is 10.4. The maximum atomic E-state index is 9.94. The molecule has 1 aliphatic heterocycles. The van der Waals surface area contributed by atoms with E-state index in [0.717, 1.165) is 25.2 Å². The second kappa shape index (κ2) is 4.49. The van der Waals surface area contributed by atoms with Gasteiger partial charge in [0.1, 0.15) is 0 Å². The van der Waals surface area contributed by atoms with Crippen molar-refractivity contribution in [2.45, 2.75) is 37.5 Å². The number of rotatable bonds is 4. The third kappa shape index (κ3) is 2.96. The first-order valence-electron chi connectivity index (χ1n) is 4.58. The molecule has 1 saturated heterocycles. The summed E-state index contributed by atoms with van der Waals surface area (Å²) in [5.74, 6) is 0.831. The van der Waals surface area contributed by atoms with E-state index in [1.54, 1.807) is 0 Å². The van der Waals surface area contributed by atoms with Crippen molar-refractivity contribution in [2.75, 3.05) is 19.0 Å². The highest BCUT2D eigenvalue weighted by molar-refractivity contribution is 8.00. The van der Waals surface area contributed by atoms with E-state index in [2.05, 4.69) is 13.8 Å². The number of thioether (sulfide) groups is 1. The molecule has 1 heterocycles. The Morgan fingerprint density at radius 3 is 2.92 bits per heavy atom. The van der Waals surface area contributed by atoms with Crippen LogP contribution in [0.15, 0.2) is 0 Å². The van der Waals surface area contributed by atoms with Gasteiger partial charge in [-0.2, -0.15) is 11.8 Å². The van der Waals surface area contributed by atoms with Crippen LogP contribution in [0.5, 0.6) is 0 Å². The van der Waals surface area contributed by atoms with E-state index in [0.29, 0.717) is 11.9 Å². The van der Waals surface area contributed by atoms with Crippen molar-refractivity contribution < 1.29 is 9.84 Å². The summed E-state index contributed by atoms with van der Waals surface area (Å²) < 4.78 is 5.35. The molecule has 3 heteroatoms. The van der Waals surface area contributed by atoms with E-state index in [9.17, 15) is 5.11 Å². The Hall–Kier alpha value is 0.270. The first-order chi connectivity index (χ1) is 5.66. The van der Waals surface area contributed by atoms with Gasteiger partial charge < -0.3 is 9.84 Å². The molecule has 0 aliphatic carbocycles. The largest absolute Gasteiger partial charge is 0.387 e. The fraction of sp³-hybridized carbons (Fsp3) is 1.00. The monoisotopic (exact) mass is 190 g/mol. The van der Waals surface area contributed by atoms with Crippen molar-refractivity contribution in [2.24, 2.45) is 0 Å². The highest BCUT2D eigenvalue weighted by Gasteiger charge is 2.35. The highest BCUT2D eigenvalue weighted by atomic mass is 32.2. The van der Waals surface area contributed by atoms with E-state index < -0.39 is 5.60 Å². The van der Waals surface area contributed by atoms with Crippen LogP contribution in [0.4, 0.5) is 0 Å². The van der Waals surface area contributed by atoms with Crippen LogP contribution in [0.25, 0.3) is 0 Å². The molecule has 0 spiro atoms. The maximum Gasteiger partial charge on any atom is 0.0980 e. The molecule has 0 aromatic heterocycles. The molecular formula is C9H18O2S. The summed E-state index contributed by atoms with van der Waals surface area (Å²) in [7, 11) is 0. The van der Waals surface area contributed by atoms with Gasteiger partial charge in [0.05, 0.1) is 12.2 Å². The molecule has 1 aliphatic rings. The fourth-order valence-electron chi connectivity index (χ4n) is 1.46. The zero-order valence-corrected chi connectivity index (χ0v) is 8.69. The second-order valence-electron chi connectivity index (χ2n) is 3.60. The van der Waals surface area contributed by atoms with Gasteiger partial charge in [0, 0.05) is 17.6 Å². The number of hydrogen-bond acceptors (Lipinski definition) is 3. The molecule has 0 bridgehead atoms. The highest BCUT2D eigenvalue weighted by Crippen LogP contribution is 2.34. The minimum absolute atomic E-state index is 0.512. The van der Waals surface area contributed by atoms with Crippen LogP contribution >= 0.6 is 11.8 Å². The minimum Gasteiger partial charge on any atom is -0.387 e. The van der Waals surface area contributed by atoms with Crippen molar-refractivity contribution in [1.82, 2.24) is 0 Å². The standard InChI is InChI=1S/C9H18O2S/c1-3-4-11-6-9(10)5-8(2)12-7-9/h8,10H,3-7H2,1-2H3. The topological polar surface area (TPSA) is 29.5 Å². The van der Waals surface area contributed by atoms with Crippen LogP contribution in [0.1, 0.15) is 26.7 Å². The lowest BCUT2D eigenvalue weighted by Gasteiger charge is -2.21. The van der Waals surface area contributed by atoms with Gasteiger partial charge in [-0.25, -0.2) is 0 Å². The lowest BCUT2D eigenvalue weighted by atomic mass is 10.0. The molecule has 0 aromatic carbocycles. The normalized spacial score (nSPS) is 35.8. The molecular weight excluding hydrogens is 172 g/mol. The Kier molecular flexibility index (Phi) is 3.87. The summed E-state index contributed by atoms with van der Waals surface area (Å²) in [6, 6.07) is 0. The SMILES string of the molecule is CCCOCC1(O)CSC(C)C1. The van der Waals surface area contributed by atoms with E-state index >= 15 is 0 Å². The van der Waals surface area contributed by atoms with E-state index in [-0.39, 0.29) is 0 Å². The van der Waals surface area contributed by atoms with E-state index in [4.69, 9.17) is 4.74 Å². The maximum absolute atomic E-state index is 9.94. The van der Waals surface area contributed by atoms with Crippen molar-refractivity contribution in [1.29, 1.82) is 0 Å². The predicted octanol–water partition coefficient (Wildman–Crippen LogP) is 1.67. The third-order valence-electron chi connectivity index (χ3n) is 2.02. The summed E-state index contributed by atoms with van der Waals surface area (Å²) in [5, 5.41) is 10.5. The summed E-state index contributed by atoms with van der Waals surface area (Å²) in [4.78, 5) is 0. The third-order valence-corrected chi connectivity index (χ3v) is 3.46. The molecule has 0 aromatic rings. The lowest BCUT2D eigenvalue weighted by Crippen LogP contribution is -2.34. The molecule has 1 rings (SSSR count). The van der Waals surface area contributed by atoms with Gasteiger partial charge >= 0.3 is 0 Å². The average molecular weight is 190 g/mol. The Bertz CT molecular complexity index is 140. The zero-order valence-electron chi connectivity index (χ0n) is 7.88. The zero-order chi connectivity index (χ0) is 9.03. The van der Waals surface area contributed by atoms with Gasteiger partial charge in [-0.3, -0.25) is 0 Å². The van der Waals surface area contributed by atoms with Crippen molar-refractivity contribution >= 4 is 11.8 Å². The van der Waals surface area contributed by atoms with Crippen LogP contribution in [0.2, 0.25) is 0 Å². The number of hydrogen-bond donors (Lipinski definition) is 1. The van der Waals surface area contributed by atoms with Gasteiger partial charge in [0.15, 0.2) is 0 Å². The second-order valence-corrected chi connectivity index (χ2v) is 5.03. The van der Waals surface area contributed by atoms with Crippen LogP contribution in [-0.4, -0.2) is 34.9 Å². The molecule has 0 radical (unpaired) electrons. The molecule has 2 atom stereocenters. The molecule has 2 unspecified atom stereocenters. The Balaban J connectivity index is 2.21. The Morgan fingerprint density at radius 1 is 1.67 bits per heavy atom. The van der Waals surface area contributed by atoms with Crippen molar-refractivity contribution in [3.05, 3.63) is 0 Å². The van der Waals surface area contributed by atoms with Gasteiger partial charge in [0.25, 0.3) is 0 Å². The van der Waals surface area contributed by atoms with Gasteiger partial charge in [-0.15, -0.1) is 0 Å². The summed E-state index contributed by atoms with van der Waals surface area (Å²) in [6.07, 6.45) is 1.90. The first-order valence-corrected chi connectivity index (χ1v) is 5.63.